The van der Waals surface area contributed by atoms with E-state index in [1.165, 1.54) is 0 Å². The molecule has 2 rings (SSSR count). The van der Waals surface area contributed by atoms with Crippen LogP contribution >= 0.6 is 0 Å². The third kappa shape index (κ3) is 4.39. The number of carbonyl (C=O) groups excluding carboxylic acids is 1. The normalized spacial score (nSPS) is 9.82. The van der Waals surface area contributed by atoms with Crippen LogP contribution < -0.4 is 5.32 Å². The first-order chi connectivity index (χ1) is 10.7. The van der Waals surface area contributed by atoms with Gasteiger partial charge in [-0.1, -0.05) is 49.2 Å². The molecule has 112 valence electrons. The smallest absolute Gasteiger partial charge is 0.320 e. The van der Waals surface area contributed by atoms with E-state index < -0.39 is 0 Å². The average molecular weight is 292 g/mol. The van der Waals surface area contributed by atoms with E-state index in [0.29, 0.717) is 13.1 Å². The van der Waals surface area contributed by atoms with Crippen molar-refractivity contribution in [3.8, 4) is 12.3 Å². The van der Waals surface area contributed by atoms with Crippen LogP contribution in [0.3, 0.4) is 0 Å². The van der Waals surface area contributed by atoms with Crippen molar-refractivity contribution in [3.05, 3.63) is 65.7 Å². The molecule has 0 radical (unpaired) electrons. The third-order valence-electron chi connectivity index (χ3n) is 3.28. The Balaban J connectivity index is 2.07. The number of urea groups is 1. The van der Waals surface area contributed by atoms with Crippen LogP contribution in [0.1, 0.15) is 24.5 Å². The Kier molecular flexibility index (Phi) is 5.62. The molecule has 0 spiro atoms. The van der Waals surface area contributed by atoms with Crippen molar-refractivity contribution in [1.82, 2.24) is 4.90 Å². The molecule has 0 atom stereocenters. The van der Waals surface area contributed by atoms with Gasteiger partial charge < -0.3 is 10.2 Å². The Morgan fingerprint density at radius 2 is 1.95 bits per heavy atom. The molecule has 0 saturated heterocycles. The molecule has 2 aromatic carbocycles. The van der Waals surface area contributed by atoms with Gasteiger partial charge in [0.1, 0.15) is 0 Å². The van der Waals surface area contributed by atoms with Crippen LogP contribution in [0.5, 0.6) is 0 Å². The molecule has 2 amide bonds. The van der Waals surface area contributed by atoms with Crippen molar-refractivity contribution in [1.29, 1.82) is 0 Å². The lowest BCUT2D eigenvalue weighted by Gasteiger charge is -2.22. The zero-order chi connectivity index (χ0) is 15.8. The van der Waals surface area contributed by atoms with Gasteiger partial charge in [0, 0.05) is 24.3 Å². The summed E-state index contributed by atoms with van der Waals surface area (Å²) in [7, 11) is 0. The summed E-state index contributed by atoms with van der Waals surface area (Å²) in [6.07, 6.45) is 6.29. The number of hydrogen-bond donors (Lipinski definition) is 1. The lowest BCUT2D eigenvalue weighted by molar-refractivity contribution is 0.209. The van der Waals surface area contributed by atoms with E-state index in [9.17, 15) is 4.79 Å². The molecule has 3 heteroatoms. The third-order valence-corrected chi connectivity index (χ3v) is 3.28. The molecule has 0 aliphatic carbocycles. The second kappa shape index (κ2) is 7.90. The van der Waals surface area contributed by atoms with Crippen molar-refractivity contribution in [2.75, 3.05) is 11.9 Å². The van der Waals surface area contributed by atoms with Crippen LogP contribution in [0, 0.1) is 12.3 Å². The molecule has 0 saturated carbocycles. The van der Waals surface area contributed by atoms with Gasteiger partial charge in [-0.15, -0.1) is 6.42 Å². The number of amides is 2. The van der Waals surface area contributed by atoms with Crippen LogP contribution in [0.4, 0.5) is 10.5 Å². The molecular formula is C19H20N2O. The summed E-state index contributed by atoms with van der Waals surface area (Å²) < 4.78 is 0. The van der Waals surface area contributed by atoms with Gasteiger partial charge in [0.2, 0.25) is 0 Å². The van der Waals surface area contributed by atoms with E-state index in [1.807, 2.05) is 48.5 Å². The van der Waals surface area contributed by atoms with Crippen LogP contribution in [0.25, 0.3) is 0 Å². The summed E-state index contributed by atoms with van der Waals surface area (Å²) in [4.78, 5) is 14.3. The maximum Gasteiger partial charge on any atom is 0.322 e. The predicted octanol–water partition coefficient (Wildman–Crippen LogP) is 4.11. The Morgan fingerprint density at radius 1 is 1.18 bits per heavy atom. The number of benzene rings is 2. The highest BCUT2D eigenvalue weighted by atomic mass is 16.2. The molecule has 22 heavy (non-hydrogen) atoms. The summed E-state index contributed by atoms with van der Waals surface area (Å²) >= 11 is 0. The molecule has 0 heterocycles. The molecule has 2 aromatic rings. The van der Waals surface area contributed by atoms with E-state index in [1.54, 1.807) is 11.0 Å². The first-order valence-electron chi connectivity index (χ1n) is 7.39. The summed E-state index contributed by atoms with van der Waals surface area (Å²) in [6.45, 7) is 3.36. The van der Waals surface area contributed by atoms with Crippen molar-refractivity contribution in [2.45, 2.75) is 19.9 Å². The summed E-state index contributed by atoms with van der Waals surface area (Å²) in [5.41, 5.74) is 2.58. The minimum atomic E-state index is -0.111. The minimum absolute atomic E-state index is 0.111. The first kappa shape index (κ1) is 15.7. The quantitative estimate of drug-likeness (QED) is 0.826. The van der Waals surface area contributed by atoms with Gasteiger partial charge in [-0.05, 0) is 30.2 Å². The average Bonchev–Trinajstić information content (AvgIpc) is 2.55. The predicted molar refractivity (Wildman–Crippen MR) is 90.5 cm³/mol. The van der Waals surface area contributed by atoms with Crippen LogP contribution in [-0.2, 0) is 6.54 Å². The number of terminal acetylenes is 1. The molecule has 0 aromatic heterocycles. The highest BCUT2D eigenvalue weighted by Gasteiger charge is 2.13. The second-order valence-electron chi connectivity index (χ2n) is 5.06. The Labute approximate surface area is 132 Å². The van der Waals surface area contributed by atoms with Gasteiger partial charge >= 0.3 is 6.03 Å². The van der Waals surface area contributed by atoms with Gasteiger partial charge in [0.15, 0.2) is 0 Å². The Hall–Kier alpha value is -2.73. The fourth-order valence-corrected chi connectivity index (χ4v) is 2.22. The molecule has 0 aliphatic heterocycles. The fraction of sp³-hybridized carbons (Fsp3) is 0.211. The number of nitrogens with one attached hydrogen (secondary N) is 1. The Morgan fingerprint density at radius 3 is 2.64 bits per heavy atom. The minimum Gasteiger partial charge on any atom is -0.320 e. The number of anilines is 1. The van der Waals surface area contributed by atoms with E-state index in [-0.39, 0.29) is 6.03 Å². The molecule has 0 bridgehead atoms. The van der Waals surface area contributed by atoms with E-state index >= 15 is 0 Å². The van der Waals surface area contributed by atoms with Gasteiger partial charge in [-0.25, -0.2) is 4.79 Å². The fourth-order valence-electron chi connectivity index (χ4n) is 2.22. The van der Waals surface area contributed by atoms with E-state index in [2.05, 4.69) is 18.2 Å². The monoisotopic (exact) mass is 292 g/mol. The lowest BCUT2D eigenvalue weighted by atomic mass is 10.2. The first-order valence-corrected chi connectivity index (χ1v) is 7.39. The van der Waals surface area contributed by atoms with Gasteiger partial charge in [-0.2, -0.15) is 0 Å². The van der Waals surface area contributed by atoms with E-state index in [4.69, 9.17) is 6.42 Å². The van der Waals surface area contributed by atoms with Crippen molar-refractivity contribution in [3.63, 3.8) is 0 Å². The van der Waals surface area contributed by atoms with Gasteiger partial charge in [0.05, 0.1) is 0 Å². The lowest BCUT2D eigenvalue weighted by Crippen LogP contribution is -2.35. The highest BCUT2D eigenvalue weighted by Crippen LogP contribution is 2.12. The highest BCUT2D eigenvalue weighted by molar-refractivity contribution is 5.89. The van der Waals surface area contributed by atoms with Gasteiger partial charge in [0.25, 0.3) is 0 Å². The van der Waals surface area contributed by atoms with Gasteiger partial charge in [-0.3, -0.25) is 0 Å². The number of carbonyl (C=O) groups is 1. The Bertz CT molecular complexity index is 659. The van der Waals surface area contributed by atoms with Crippen molar-refractivity contribution in [2.24, 2.45) is 0 Å². The molecule has 0 fully saturated rings. The number of nitrogens with zero attached hydrogens (tertiary/aromatic N) is 1. The SMILES string of the molecule is C#Cc1cccc(NC(=O)N(CCC)Cc2ccccc2)c1. The summed E-state index contributed by atoms with van der Waals surface area (Å²) in [6, 6.07) is 17.2. The topological polar surface area (TPSA) is 32.3 Å². The summed E-state index contributed by atoms with van der Waals surface area (Å²) in [5, 5.41) is 2.91. The van der Waals surface area contributed by atoms with Crippen LogP contribution in [-0.4, -0.2) is 17.5 Å². The van der Waals surface area contributed by atoms with Crippen molar-refractivity contribution < 1.29 is 4.79 Å². The zero-order valence-electron chi connectivity index (χ0n) is 12.8. The van der Waals surface area contributed by atoms with Crippen LogP contribution in [0.15, 0.2) is 54.6 Å². The molecule has 0 unspecified atom stereocenters. The van der Waals surface area contributed by atoms with E-state index in [0.717, 1.165) is 23.2 Å². The van der Waals surface area contributed by atoms with Crippen molar-refractivity contribution >= 4 is 11.7 Å². The number of hydrogen-bond acceptors (Lipinski definition) is 1. The summed E-state index contributed by atoms with van der Waals surface area (Å²) in [5.74, 6) is 2.57. The number of rotatable bonds is 5. The molecule has 1 N–H and O–H groups in total. The maximum absolute atomic E-state index is 12.5. The van der Waals surface area contributed by atoms with Crippen LogP contribution in [0.2, 0.25) is 0 Å². The second-order valence-corrected chi connectivity index (χ2v) is 5.06. The zero-order valence-corrected chi connectivity index (χ0v) is 12.8. The largest absolute Gasteiger partial charge is 0.322 e. The standard InChI is InChI=1S/C19H20N2O/c1-3-13-21(15-17-9-6-5-7-10-17)19(22)20-18-12-8-11-16(4-2)14-18/h2,5-12,14H,3,13,15H2,1H3,(H,20,22). The molecule has 3 nitrogen and oxygen atoms in total. The molecular weight excluding hydrogens is 272 g/mol. The molecule has 0 aliphatic rings. The maximum atomic E-state index is 12.5.